The van der Waals surface area contributed by atoms with Crippen LogP contribution >= 0.6 is 23.2 Å². The van der Waals surface area contributed by atoms with Crippen molar-refractivity contribution in [1.82, 2.24) is 20.4 Å². The number of benzene rings is 2. The minimum Gasteiger partial charge on any atom is -0.484 e. The van der Waals surface area contributed by atoms with Crippen molar-refractivity contribution < 1.29 is 23.1 Å². The zero-order valence-electron chi connectivity index (χ0n) is 20.0. The van der Waals surface area contributed by atoms with Crippen LogP contribution in [0.25, 0.3) is 11.5 Å². The van der Waals surface area contributed by atoms with Gasteiger partial charge in [-0.1, -0.05) is 30.6 Å². The van der Waals surface area contributed by atoms with E-state index in [9.17, 15) is 9.18 Å². The van der Waals surface area contributed by atoms with Crippen LogP contribution in [0.3, 0.4) is 0 Å². The summed E-state index contributed by atoms with van der Waals surface area (Å²) >= 11 is 11.3. The van der Waals surface area contributed by atoms with Gasteiger partial charge in [0.05, 0.1) is 11.6 Å². The molecule has 0 unspecified atom stereocenters. The van der Waals surface area contributed by atoms with Gasteiger partial charge in [0.2, 0.25) is 12.3 Å². The molecule has 3 rings (SSSR count). The van der Waals surface area contributed by atoms with Gasteiger partial charge in [-0.05, 0) is 55.9 Å². The van der Waals surface area contributed by atoms with Crippen molar-refractivity contribution >= 4 is 29.1 Å². The lowest BCUT2D eigenvalue weighted by Crippen LogP contribution is -2.39. The van der Waals surface area contributed by atoms with E-state index in [0.717, 1.165) is 31.1 Å². The molecule has 12 heteroatoms. The molecule has 37 heavy (non-hydrogen) atoms. The molecule has 1 aromatic heterocycles. The first kappa shape index (κ1) is 32.3. The topological polar surface area (TPSA) is 116 Å². The summed E-state index contributed by atoms with van der Waals surface area (Å²) in [6, 6.07) is 11.3. The van der Waals surface area contributed by atoms with Gasteiger partial charge in [0.15, 0.2) is 6.61 Å². The molecule has 0 aliphatic carbocycles. The van der Waals surface area contributed by atoms with Crippen LogP contribution in [0, 0.1) is 5.82 Å². The Morgan fingerprint density at radius 2 is 1.92 bits per heavy atom. The van der Waals surface area contributed by atoms with E-state index in [1.165, 1.54) is 18.5 Å². The zero-order valence-corrected chi connectivity index (χ0v) is 21.5. The summed E-state index contributed by atoms with van der Waals surface area (Å²) in [7, 11) is 1.65. The summed E-state index contributed by atoms with van der Waals surface area (Å²) in [5.74, 6) is -0.0810. The fraction of sp³-hybridized carbons (Fsp3) is 0.400. The second-order valence-electron chi connectivity index (χ2n) is 7.44. The van der Waals surface area contributed by atoms with Crippen molar-refractivity contribution in [2.45, 2.75) is 13.8 Å². The number of nitrogens with one attached hydrogen (secondary N) is 1. The summed E-state index contributed by atoms with van der Waals surface area (Å²) < 4.78 is 28.6. The SMILES string of the molecule is C.COCCN(CCCN)CCNC(=O)COc1ccc(Cl)c(F)c1.Clc1ccc(-c2nnco2)cc1. The third-order valence-electron chi connectivity index (χ3n) is 4.75. The molecule has 0 bridgehead atoms. The highest BCUT2D eigenvalue weighted by atomic mass is 35.5. The number of rotatable bonds is 13. The number of amides is 1. The summed E-state index contributed by atoms with van der Waals surface area (Å²) in [5.41, 5.74) is 6.39. The molecule has 3 N–H and O–H groups in total. The highest BCUT2D eigenvalue weighted by Gasteiger charge is 2.08. The van der Waals surface area contributed by atoms with Gasteiger partial charge in [0.25, 0.3) is 5.91 Å². The number of hydrogen-bond acceptors (Lipinski definition) is 8. The molecule has 1 heterocycles. The second-order valence-corrected chi connectivity index (χ2v) is 8.29. The first-order valence-electron chi connectivity index (χ1n) is 11.2. The van der Waals surface area contributed by atoms with E-state index in [1.807, 2.05) is 12.1 Å². The number of halogens is 3. The van der Waals surface area contributed by atoms with Gasteiger partial charge in [-0.15, -0.1) is 10.2 Å². The summed E-state index contributed by atoms with van der Waals surface area (Å²) in [6.07, 6.45) is 2.19. The molecule has 1 amide bonds. The minimum absolute atomic E-state index is 0. The van der Waals surface area contributed by atoms with Gasteiger partial charge in [-0.3, -0.25) is 9.69 Å². The van der Waals surface area contributed by atoms with Crippen molar-refractivity contribution in [3.63, 3.8) is 0 Å². The number of nitrogens with zero attached hydrogens (tertiary/aromatic N) is 3. The molecule has 204 valence electrons. The van der Waals surface area contributed by atoms with Crippen LogP contribution in [0.1, 0.15) is 13.8 Å². The largest absolute Gasteiger partial charge is 0.484 e. The maximum absolute atomic E-state index is 13.3. The number of nitrogens with two attached hydrogens (primary N) is 1. The molecule has 0 aliphatic heterocycles. The van der Waals surface area contributed by atoms with Crippen LogP contribution in [0.5, 0.6) is 5.75 Å². The van der Waals surface area contributed by atoms with Gasteiger partial charge in [0, 0.05) is 43.4 Å². The van der Waals surface area contributed by atoms with Crippen molar-refractivity contribution in [2.24, 2.45) is 5.73 Å². The number of ether oxygens (including phenoxy) is 2. The Bertz CT molecular complexity index is 1020. The van der Waals surface area contributed by atoms with E-state index in [1.54, 1.807) is 19.2 Å². The molecule has 2 aromatic carbocycles. The van der Waals surface area contributed by atoms with Crippen molar-refractivity contribution in [1.29, 1.82) is 0 Å². The number of hydrogen-bond donors (Lipinski definition) is 2. The Kier molecular flexibility index (Phi) is 16.1. The molecule has 0 fully saturated rings. The Balaban J connectivity index is 0.000000438. The average Bonchev–Trinajstić information content (AvgIpc) is 3.42. The highest BCUT2D eigenvalue weighted by Crippen LogP contribution is 2.20. The Labute approximate surface area is 227 Å². The summed E-state index contributed by atoms with van der Waals surface area (Å²) in [4.78, 5) is 13.9. The number of carbonyl (C=O) groups is 1. The fourth-order valence-electron chi connectivity index (χ4n) is 2.88. The molecule has 0 aliphatic rings. The zero-order chi connectivity index (χ0) is 26.2. The van der Waals surface area contributed by atoms with Crippen LogP contribution in [0.2, 0.25) is 10.0 Å². The van der Waals surface area contributed by atoms with Crippen LogP contribution in [0.4, 0.5) is 4.39 Å². The predicted molar refractivity (Wildman–Crippen MR) is 143 cm³/mol. The number of aromatic nitrogens is 2. The van der Waals surface area contributed by atoms with Crippen LogP contribution < -0.4 is 15.8 Å². The summed E-state index contributed by atoms with van der Waals surface area (Å²) in [6.45, 7) is 3.91. The van der Waals surface area contributed by atoms with E-state index in [-0.39, 0.29) is 30.7 Å². The van der Waals surface area contributed by atoms with Gasteiger partial charge >= 0.3 is 0 Å². The standard InChI is InChI=1S/C16H25ClFN3O3.C8H5ClN2O.CH4/c1-23-10-9-21(7-2-5-19)8-6-20-16(22)12-24-13-3-4-14(17)15(18)11-13;9-7-3-1-6(2-4-7)8-11-10-5-12-8;/h3-4,11H,2,5-10,12,19H2,1H3,(H,20,22);1-5H;1H4. The maximum Gasteiger partial charge on any atom is 0.257 e. The third kappa shape index (κ3) is 12.9. The van der Waals surface area contributed by atoms with Crippen LogP contribution in [-0.4, -0.2) is 74.1 Å². The van der Waals surface area contributed by atoms with E-state index < -0.39 is 5.82 Å². The molecular formula is C25H34Cl2FN5O4. The van der Waals surface area contributed by atoms with Crippen molar-refractivity contribution in [2.75, 3.05) is 53.0 Å². The van der Waals surface area contributed by atoms with Gasteiger partial charge in [-0.2, -0.15) is 0 Å². The molecule has 0 saturated heterocycles. The Hall–Kier alpha value is -2.76. The molecule has 0 spiro atoms. The van der Waals surface area contributed by atoms with Gasteiger partial charge in [-0.25, -0.2) is 4.39 Å². The molecule has 0 atom stereocenters. The van der Waals surface area contributed by atoms with Crippen molar-refractivity contribution in [3.05, 3.63) is 64.7 Å². The third-order valence-corrected chi connectivity index (χ3v) is 5.31. The quantitative estimate of drug-likeness (QED) is 0.319. The first-order valence-corrected chi connectivity index (χ1v) is 12.0. The lowest BCUT2D eigenvalue weighted by Gasteiger charge is -2.21. The Morgan fingerprint density at radius 3 is 2.54 bits per heavy atom. The maximum atomic E-state index is 13.3. The highest BCUT2D eigenvalue weighted by molar-refractivity contribution is 6.31. The smallest absolute Gasteiger partial charge is 0.257 e. The monoisotopic (exact) mass is 557 g/mol. The number of methoxy groups -OCH3 is 1. The van der Waals surface area contributed by atoms with Crippen LogP contribution in [-0.2, 0) is 9.53 Å². The molecule has 9 nitrogen and oxygen atoms in total. The average molecular weight is 558 g/mol. The van der Waals surface area contributed by atoms with E-state index in [4.69, 9.17) is 42.8 Å². The van der Waals surface area contributed by atoms with Crippen LogP contribution in [0.15, 0.2) is 53.3 Å². The molecule has 3 aromatic rings. The molecular weight excluding hydrogens is 524 g/mol. The predicted octanol–water partition coefficient (Wildman–Crippen LogP) is 4.30. The molecule has 0 radical (unpaired) electrons. The minimum atomic E-state index is -0.580. The van der Waals surface area contributed by atoms with E-state index in [2.05, 4.69) is 20.4 Å². The lowest BCUT2D eigenvalue weighted by atomic mass is 10.2. The first-order chi connectivity index (χ1) is 17.4. The van der Waals surface area contributed by atoms with E-state index >= 15 is 0 Å². The number of carbonyl (C=O) groups excluding carboxylic acids is 1. The van der Waals surface area contributed by atoms with E-state index in [0.29, 0.717) is 37.2 Å². The van der Waals surface area contributed by atoms with Gasteiger partial charge in [0.1, 0.15) is 11.6 Å². The molecule has 0 saturated carbocycles. The fourth-order valence-corrected chi connectivity index (χ4v) is 3.13. The van der Waals surface area contributed by atoms with Gasteiger partial charge < -0.3 is 24.9 Å². The second kappa shape index (κ2) is 18.5. The van der Waals surface area contributed by atoms with Crippen molar-refractivity contribution in [3.8, 4) is 17.2 Å². The normalized spacial score (nSPS) is 10.3. The Morgan fingerprint density at radius 1 is 1.16 bits per heavy atom. The lowest BCUT2D eigenvalue weighted by molar-refractivity contribution is -0.123. The summed E-state index contributed by atoms with van der Waals surface area (Å²) in [5, 5.41) is 10.8.